The van der Waals surface area contributed by atoms with Gasteiger partial charge in [0.15, 0.2) is 61.8 Å². The summed E-state index contributed by atoms with van der Waals surface area (Å²) in [6, 6.07) is 0. The number of aliphatic hydroxyl groups excluding tert-OH is 2. The first-order valence-corrected chi connectivity index (χ1v) is 25.5. The number of hydrogen-bond donors (Lipinski definition) is 4. The molecule has 31 heteroatoms. The second-order valence-electron chi connectivity index (χ2n) is 16.7. The molecule has 4 atom stereocenters. The molecule has 480 valence electrons. The molecule has 0 fully saturated rings. The maximum atomic E-state index is 11.7. The average Bonchev–Trinajstić information content (AvgIpc) is 3.40. The number of aliphatic hydroxyl groups is 2. The Hall–Kier alpha value is -6.35. The largest absolute Gasteiger partial charge is 0.508 e. The molecule has 82 heavy (non-hydrogen) atoms. The summed E-state index contributed by atoms with van der Waals surface area (Å²) in [6.45, 7) is 4.86. The van der Waals surface area contributed by atoms with Crippen LogP contribution in [0.4, 0.5) is 24.0 Å². The number of carbonyl (C=O) groups excluding carboxylic acids is 10. The molecule has 0 aliphatic rings. The van der Waals surface area contributed by atoms with E-state index in [1.165, 1.54) is 49.0 Å². The van der Waals surface area contributed by atoms with E-state index >= 15 is 0 Å². The van der Waals surface area contributed by atoms with Crippen molar-refractivity contribution < 1.29 is 144 Å². The summed E-state index contributed by atoms with van der Waals surface area (Å²) >= 11 is 0. The van der Waals surface area contributed by atoms with E-state index in [9.17, 15) is 52.7 Å². The lowest BCUT2D eigenvalue weighted by atomic mass is 10.1. The highest BCUT2D eigenvalue weighted by atomic mass is 16.8. The molecule has 0 bridgehead atoms. The van der Waals surface area contributed by atoms with Gasteiger partial charge >= 0.3 is 42.7 Å². The summed E-state index contributed by atoms with van der Waals surface area (Å²) in [5.74, 6) is -2.53. The van der Waals surface area contributed by atoms with Gasteiger partial charge in [0.2, 0.25) is 0 Å². The van der Waals surface area contributed by atoms with Crippen molar-refractivity contribution in [2.45, 2.75) is 130 Å². The van der Waals surface area contributed by atoms with Crippen LogP contribution in [0.5, 0.6) is 0 Å². The fraction of sp³-hybridized carbons (Fsp3) is 0.784. The van der Waals surface area contributed by atoms with E-state index in [4.69, 9.17) is 68.4 Å². The van der Waals surface area contributed by atoms with Crippen molar-refractivity contribution in [3.63, 3.8) is 0 Å². The number of ketones is 4. The molecule has 31 nitrogen and oxygen atoms in total. The maximum absolute atomic E-state index is 11.7. The standard InChI is InChI=1S/C15H24O9.C14H27NO6.C13H22O9.C8H14O6.CH4/c1-11(16)8-22-15(20)23-10-12(9-21-2)24-14(19)7-5-3-4-6-13(17)18;1-12(16)9-20-14(17)21-11-13(10-18-2)19-8-6-4-3-5-7-15;1-10(15)7-20-12(16)21-9-11(8-18-2)22-13(17)19-6-4-3-5-14;1-6(9)3-13-8(11)14-5-7(10)4-12-2;/h12H,3-10H2,1-2H3,(H,17,18);13H,3-11,15H2,1-2H3;11,14H,3-9H2,1-2H3;7,10H,3-5H2,1-2H3;1H4. The molecule has 0 aromatic rings. The number of carboxylic acids is 1. The summed E-state index contributed by atoms with van der Waals surface area (Å²) in [5, 5.41) is 26.1. The lowest BCUT2D eigenvalue weighted by Gasteiger charge is -2.17. The van der Waals surface area contributed by atoms with Crippen molar-refractivity contribution in [3.05, 3.63) is 0 Å². The van der Waals surface area contributed by atoms with Gasteiger partial charge in [-0.1, -0.05) is 26.7 Å². The van der Waals surface area contributed by atoms with Gasteiger partial charge in [0, 0.05) is 54.5 Å². The van der Waals surface area contributed by atoms with Crippen LogP contribution in [0.15, 0.2) is 0 Å². The summed E-state index contributed by atoms with van der Waals surface area (Å²) in [6.07, 6.45) is -0.817. The van der Waals surface area contributed by atoms with E-state index < -0.39 is 61.0 Å². The Labute approximate surface area is 478 Å². The van der Waals surface area contributed by atoms with E-state index in [2.05, 4.69) is 28.4 Å². The SMILES string of the molecule is C.COCC(COC(=O)OCC(C)=O)OC(=O)CCCCCC(=O)O.COCC(COC(=O)OCC(C)=O)OC(=O)OCCCCO.COCC(COC(=O)OCC(C)=O)OCCCCCCN.COCC(O)COC(=O)OCC(C)=O. The van der Waals surface area contributed by atoms with Crippen LogP contribution >= 0.6 is 0 Å². The van der Waals surface area contributed by atoms with Gasteiger partial charge in [-0.2, -0.15) is 0 Å². The third-order valence-corrected chi connectivity index (χ3v) is 8.60. The van der Waals surface area contributed by atoms with E-state index in [-0.39, 0.29) is 135 Å². The van der Waals surface area contributed by atoms with Gasteiger partial charge in [-0.25, -0.2) is 24.0 Å². The smallest absolute Gasteiger partial charge is 0.481 e. The summed E-state index contributed by atoms with van der Waals surface area (Å²) in [7, 11) is 5.75. The number of unbranched alkanes of at least 4 members (excludes halogenated alkanes) is 6. The molecule has 0 aliphatic heterocycles. The number of carboxylic acid groups (broad SMARTS) is 1. The molecule has 5 N–H and O–H groups in total. The lowest BCUT2D eigenvalue weighted by molar-refractivity contribution is -0.154. The molecule has 0 amide bonds. The zero-order valence-electron chi connectivity index (χ0n) is 47.8. The first kappa shape index (κ1) is 84.5. The molecular formula is C51H91NO30. The predicted molar refractivity (Wildman–Crippen MR) is 283 cm³/mol. The Balaban J connectivity index is -0.000000325. The highest BCUT2D eigenvalue weighted by molar-refractivity contribution is 5.80. The number of carbonyl (C=O) groups is 11. The van der Waals surface area contributed by atoms with E-state index in [1.54, 1.807) is 7.11 Å². The van der Waals surface area contributed by atoms with Crippen LogP contribution in [0.1, 0.15) is 106 Å². The van der Waals surface area contributed by atoms with Gasteiger partial charge in [-0.3, -0.25) is 28.8 Å². The lowest BCUT2D eigenvalue weighted by Crippen LogP contribution is -2.30. The number of methoxy groups -OCH3 is 4. The minimum Gasteiger partial charge on any atom is -0.481 e. The topological polar surface area (TPSA) is 422 Å². The van der Waals surface area contributed by atoms with E-state index in [1.807, 2.05) is 0 Å². The third-order valence-electron chi connectivity index (χ3n) is 8.60. The second kappa shape index (κ2) is 60.7. The van der Waals surface area contributed by atoms with Crippen molar-refractivity contribution >= 4 is 65.8 Å². The van der Waals surface area contributed by atoms with Crippen LogP contribution in [-0.2, 0) is 105 Å². The second-order valence-corrected chi connectivity index (χ2v) is 16.7. The minimum atomic E-state index is -1.05. The predicted octanol–water partition coefficient (Wildman–Crippen LogP) is 3.64. The van der Waals surface area contributed by atoms with Gasteiger partial charge in [0.1, 0.15) is 38.6 Å². The van der Waals surface area contributed by atoms with E-state index in [0.717, 1.165) is 25.7 Å². The Morgan fingerprint density at radius 1 is 0.402 bits per heavy atom. The van der Waals surface area contributed by atoms with Gasteiger partial charge in [0.05, 0.1) is 33.0 Å². The summed E-state index contributed by atoms with van der Waals surface area (Å²) < 4.78 is 76.4. The molecule has 0 saturated carbocycles. The molecular weight excluding hydrogens is 1110 g/mol. The van der Waals surface area contributed by atoms with Crippen LogP contribution in [-0.4, -0.2) is 240 Å². The van der Waals surface area contributed by atoms with Crippen LogP contribution in [0.3, 0.4) is 0 Å². The third kappa shape index (κ3) is 67.9. The molecule has 0 aromatic carbocycles. The molecule has 0 heterocycles. The van der Waals surface area contributed by atoms with E-state index in [0.29, 0.717) is 51.9 Å². The minimum absolute atomic E-state index is 0. The van der Waals surface area contributed by atoms with Crippen molar-refractivity contribution in [1.29, 1.82) is 0 Å². The molecule has 0 spiro atoms. The Bertz CT molecular complexity index is 1720. The highest BCUT2D eigenvalue weighted by Crippen LogP contribution is 2.08. The molecule has 0 aromatic heterocycles. The summed E-state index contributed by atoms with van der Waals surface area (Å²) in [5.41, 5.74) is 5.41. The van der Waals surface area contributed by atoms with Crippen molar-refractivity contribution in [2.75, 3.05) is 134 Å². The number of aliphatic carboxylic acids is 1. The average molecular weight is 1200 g/mol. The number of hydrogen-bond acceptors (Lipinski definition) is 30. The highest BCUT2D eigenvalue weighted by Gasteiger charge is 2.20. The fourth-order valence-corrected chi connectivity index (χ4v) is 4.99. The van der Waals surface area contributed by atoms with Crippen LogP contribution in [0, 0.1) is 0 Å². The normalized spacial score (nSPS) is 11.5. The first-order valence-electron chi connectivity index (χ1n) is 25.5. The first-order chi connectivity index (χ1) is 38.5. The number of Topliss-reactive ketones (excluding diaryl/α,β-unsaturated/α-hetero) is 4. The molecule has 0 rings (SSSR count). The summed E-state index contributed by atoms with van der Waals surface area (Å²) in [4.78, 5) is 120. The number of nitrogens with two attached hydrogens (primary N) is 1. The van der Waals surface area contributed by atoms with Gasteiger partial charge < -0.3 is 96.8 Å². The van der Waals surface area contributed by atoms with Crippen LogP contribution in [0.2, 0.25) is 0 Å². The number of rotatable bonds is 43. The van der Waals surface area contributed by atoms with Gasteiger partial charge in [-0.05, 0) is 72.8 Å². The van der Waals surface area contributed by atoms with Crippen LogP contribution in [0.25, 0.3) is 0 Å². The van der Waals surface area contributed by atoms with Crippen LogP contribution < -0.4 is 5.73 Å². The number of ether oxygens (including phenoxy) is 16. The Morgan fingerprint density at radius 2 is 0.780 bits per heavy atom. The zero-order valence-corrected chi connectivity index (χ0v) is 47.8. The molecule has 4 unspecified atom stereocenters. The maximum Gasteiger partial charge on any atom is 0.508 e. The molecule has 0 saturated heterocycles. The molecule has 0 radical (unpaired) electrons. The quantitative estimate of drug-likeness (QED) is 0.0384. The van der Waals surface area contributed by atoms with Crippen molar-refractivity contribution in [1.82, 2.24) is 0 Å². The number of esters is 1. The fourth-order valence-electron chi connectivity index (χ4n) is 4.99. The molecule has 0 aliphatic carbocycles. The van der Waals surface area contributed by atoms with Crippen molar-refractivity contribution in [2.24, 2.45) is 5.73 Å². The monoisotopic (exact) mass is 1200 g/mol. The van der Waals surface area contributed by atoms with Crippen molar-refractivity contribution in [3.8, 4) is 0 Å². The van der Waals surface area contributed by atoms with Gasteiger partial charge in [0.25, 0.3) is 0 Å². The zero-order chi connectivity index (χ0) is 62.1. The Kier molecular flexibility index (Phi) is 62.6. The Morgan fingerprint density at radius 3 is 1.20 bits per heavy atom. The van der Waals surface area contributed by atoms with Gasteiger partial charge in [-0.15, -0.1) is 0 Å².